The van der Waals surface area contributed by atoms with Crippen LogP contribution in [0.4, 0.5) is 5.13 Å². The first-order chi connectivity index (χ1) is 8.65. The number of amides is 1. The maximum absolute atomic E-state index is 11.9. The van der Waals surface area contributed by atoms with Crippen LogP contribution in [0.1, 0.15) is 26.2 Å². The summed E-state index contributed by atoms with van der Waals surface area (Å²) in [5, 5.41) is 6.91. The summed E-state index contributed by atoms with van der Waals surface area (Å²) in [5.41, 5.74) is 0. The molecule has 2 rings (SSSR count). The van der Waals surface area contributed by atoms with Crippen molar-refractivity contribution in [2.75, 3.05) is 18.4 Å². The summed E-state index contributed by atoms with van der Waals surface area (Å²) < 4.78 is 0.933. The number of halogens is 1. The molecule has 1 fully saturated rings. The monoisotopic (exact) mass is 331 g/mol. The van der Waals surface area contributed by atoms with Gasteiger partial charge in [0, 0.05) is 6.42 Å². The predicted molar refractivity (Wildman–Crippen MR) is 77.8 cm³/mol. The number of aromatic nitrogens is 1. The third-order valence-electron chi connectivity index (χ3n) is 3.37. The first-order valence-corrected chi connectivity index (χ1v) is 7.88. The molecule has 1 aliphatic rings. The Morgan fingerprint density at radius 3 is 3.22 bits per heavy atom. The molecule has 2 atom stereocenters. The fourth-order valence-corrected chi connectivity index (χ4v) is 3.43. The van der Waals surface area contributed by atoms with Gasteiger partial charge in [0.2, 0.25) is 5.91 Å². The fourth-order valence-electron chi connectivity index (χ4n) is 2.31. The third kappa shape index (κ3) is 4.03. The number of thiazole rings is 1. The Morgan fingerprint density at radius 2 is 2.61 bits per heavy atom. The molecule has 1 aliphatic heterocycles. The smallest absolute Gasteiger partial charge is 0.226 e. The summed E-state index contributed by atoms with van der Waals surface area (Å²) in [7, 11) is 0. The molecule has 2 heterocycles. The van der Waals surface area contributed by atoms with Gasteiger partial charge in [0.1, 0.15) is 0 Å². The van der Waals surface area contributed by atoms with Crippen molar-refractivity contribution in [3.05, 3.63) is 9.98 Å². The van der Waals surface area contributed by atoms with E-state index in [-0.39, 0.29) is 5.91 Å². The number of piperidine rings is 1. The third-order valence-corrected chi connectivity index (χ3v) is 4.76. The molecule has 1 aromatic rings. The largest absolute Gasteiger partial charge is 0.316 e. The van der Waals surface area contributed by atoms with E-state index in [9.17, 15) is 4.79 Å². The molecule has 2 N–H and O–H groups in total. The van der Waals surface area contributed by atoms with Crippen molar-refractivity contribution < 1.29 is 4.79 Å². The van der Waals surface area contributed by atoms with Crippen LogP contribution in [0.25, 0.3) is 0 Å². The van der Waals surface area contributed by atoms with E-state index in [2.05, 4.69) is 38.5 Å². The lowest BCUT2D eigenvalue weighted by atomic mass is 9.85. The van der Waals surface area contributed by atoms with Gasteiger partial charge in [0.25, 0.3) is 0 Å². The quantitative estimate of drug-likeness (QED) is 0.891. The van der Waals surface area contributed by atoms with E-state index in [1.807, 2.05) is 0 Å². The molecule has 1 amide bonds. The molecule has 6 heteroatoms. The minimum absolute atomic E-state index is 0.0647. The Morgan fingerprint density at radius 1 is 1.78 bits per heavy atom. The number of carbonyl (C=O) groups excluding carboxylic acids is 1. The zero-order chi connectivity index (χ0) is 13.0. The normalized spacial score (nSPS) is 21.6. The van der Waals surface area contributed by atoms with Crippen molar-refractivity contribution in [3.63, 3.8) is 0 Å². The zero-order valence-electron chi connectivity index (χ0n) is 10.4. The van der Waals surface area contributed by atoms with Crippen LogP contribution in [-0.4, -0.2) is 24.0 Å². The van der Waals surface area contributed by atoms with Crippen LogP contribution in [0.3, 0.4) is 0 Å². The van der Waals surface area contributed by atoms with Gasteiger partial charge in [-0.3, -0.25) is 4.79 Å². The van der Waals surface area contributed by atoms with Gasteiger partial charge in [-0.25, -0.2) is 4.98 Å². The number of nitrogens with zero attached hydrogens (tertiary/aromatic N) is 1. The Balaban J connectivity index is 1.79. The minimum atomic E-state index is 0.0647. The highest BCUT2D eigenvalue weighted by molar-refractivity contribution is 9.11. The molecule has 0 saturated carbocycles. The van der Waals surface area contributed by atoms with Gasteiger partial charge < -0.3 is 10.6 Å². The van der Waals surface area contributed by atoms with Gasteiger partial charge in [0.15, 0.2) is 5.13 Å². The van der Waals surface area contributed by atoms with Crippen LogP contribution in [0.5, 0.6) is 0 Å². The fraction of sp³-hybridized carbons (Fsp3) is 0.667. The van der Waals surface area contributed by atoms with Crippen LogP contribution in [0.2, 0.25) is 0 Å². The molecule has 0 bridgehead atoms. The lowest BCUT2D eigenvalue weighted by Gasteiger charge is -2.27. The molecule has 18 heavy (non-hydrogen) atoms. The van der Waals surface area contributed by atoms with Crippen LogP contribution < -0.4 is 10.6 Å². The molecule has 1 aromatic heterocycles. The minimum Gasteiger partial charge on any atom is -0.316 e. The Kier molecular flexibility index (Phi) is 5.14. The van der Waals surface area contributed by atoms with Crippen molar-refractivity contribution in [3.8, 4) is 0 Å². The van der Waals surface area contributed by atoms with Crippen molar-refractivity contribution in [1.29, 1.82) is 0 Å². The predicted octanol–water partition coefficient (Wildman–Crippen LogP) is 2.87. The maximum Gasteiger partial charge on any atom is 0.226 e. The first-order valence-electron chi connectivity index (χ1n) is 6.27. The van der Waals surface area contributed by atoms with E-state index in [1.165, 1.54) is 24.2 Å². The molecular formula is C12H18BrN3OS. The van der Waals surface area contributed by atoms with E-state index in [0.717, 1.165) is 16.9 Å². The summed E-state index contributed by atoms with van der Waals surface area (Å²) in [4.78, 5) is 16.0. The lowest BCUT2D eigenvalue weighted by molar-refractivity contribution is -0.117. The average Bonchev–Trinajstić information content (AvgIpc) is 2.75. The van der Waals surface area contributed by atoms with Gasteiger partial charge in [-0.15, -0.1) is 0 Å². The van der Waals surface area contributed by atoms with E-state index in [1.54, 1.807) is 6.20 Å². The second-order valence-corrected chi connectivity index (χ2v) is 7.22. The highest BCUT2D eigenvalue weighted by atomic mass is 79.9. The lowest BCUT2D eigenvalue weighted by Crippen LogP contribution is -2.34. The SMILES string of the molecule is CC(CC(=O)Nc1ncc(Br)s1)C1CCCNC1. The summed E-state index contributed by atoms with van der Waals surface area (Å²) >= 11 is 4.77. The number of anilines is 1. The van der Waals surface area contributed by atoms with E-state index < -0.39 is 0 Å². The molecule has 2 unspecified atom stereocenters. The van der Waals surface area contributed by atoms with Crippen molar-refractivity contribution in [2.24, 2.45) is 11.8 Å². The summed E-state index contributed by atoms with van der Waals surface area (Å²) in [5.74, 6) is 1.10. The molecule has 0 aliphatic carbocycles. The standard InChI is InChI=1S/C12H18BrN3OS/c1-8(9-3-2-4-14-6-9)5-11(17)16-12-15-7-10(13)18-12/h7-9,14H,2-6H2,1H3,(H,15,16,17). The van der Waals surface area contributed by atoms with Gasteiger partial charge in [-0.05, 0) is 53.7 Å². The van der Waals surface area contributed by atoms with Crippen molar-refractivity contribution >= 4 is 38.3 Å². The second kappa shape index (κ2) is 6.63. The van der Waals surface area contributed by atoms with Crippen molar-refractivity contribution in [2.45, 2.75) is 26.2 Å². The molecule has 4 nitrogen and oxygen atoms in total. The van der Waals surface area contributed by atoms with Crippen LogP contribution in [-0.2, 0) is 4.79 Å². The molecule has 0 radical (unpaired) electrons. The molecule has 0 aromatic carbocycles. The van der Waals surface area contributed by atoms with Gasteiger partial charge in [-0.2, -0.15) is 0 Å². The first kappa shape index (κ1) is 14.0. The van der Waals surface area contributed by atoms with Crippen LogP contribution in [0, 0.1) is 11.8 Å². The van der Waals surface area contributed by atoms with E-state index in [0.29, 0.717) is 23.4 Å². The highest BCUT2D eigenvalue weighted by Gasteiger charge is 2.22. The number of hydrogen-bond donors (Lipinski definition) is 2. The number of carbonyl (C=O) groups is 1. The van der Waals surface area contributed by atoms with Gasteiger partial charge in [-0.1, -0.05) is 18.3 Å². The van der Waals surface area contributed by atoms with Crippen LogP contribution >= 0.6 is 27.3 Å². The second-order valence-electron chi connectivity index (χ2n) is 4.81. The molecular weight excluding hydrogens is 314 g/mol. The highest BCUT2D eigenvalue weighted by Crippen LogP contribution is 2.25. The molecule has 0 spiro atoms. The van der Waals surface area contributed by atoms with Crippen molar-refractivity contribution in [1.82, 2.24) is 10.3 Å². The Bertz CT molecular complexity index is 404. The van der Waals surface area contributed by atoms with E-state index in [4.69, 9.17) is 0 Å². The number of nitrogens with one attached hydrogen (secondary N) is 2. The van der Waals surface area contributed by atoms with Gasteiger partial charge >= 0.3 is 0 Å². The summed E-state index contributed by atoms with van der Waals surface area (Å²) in [6.07, 6.45) is 4.72. The molecule has 100 valence electrons. The zero-order valence-corrected chi connectivity index (χ0v) is 12.8. The average molecular weight is 332 g/mol. The van der Waals surface area contributed by atoms with Crippen LogP contribution in [0.15, 0.2) is 9.98 Å². The maximum atomic E-state index is 11.9. The molecule has 1 saturated heterocycles. The number of rotatable bonds is 4. The van der Waals surface area contributed by atoms with E-state index >= 15 is 0 Å². The topological polar surface area (TPSA) is 54.0 Å². The summed E-state index contributed by atoms with van der Waals surface area (Å²) in [6.45, 7) is 4.31. The van der Waals surface area contributed by atoms with Gasteiger partial charge in [0.05, 0.1) is 9.98 Å². The summed E-state index contributed by atoms with van der Waals surface area (Å²) in [6, 6.07) is 0. The Labute approximate surface area is 120 Å². The Hall–Kier alpha value is -0.460. The number of hydrogen-bond acceptors (Lipinski definition) is 4.